The Morgan fingerprint density at radius 3 is 2.68 bits per heavy atom. The number of fused-ring (bicyclic) bond motifs is 1. The van der Waals surface area contributed by atoms with Crippen molar-refractivity contribution < 1.29 is 33.9 Å². The molecule has 13 heteroatoms. The van der Waals surface area contributed by atoms with Crippen LogP contribution in [0.25, 0.3) is 16.7 Å². The molecule has 2 amide bonds. The number of aliphatic hydroxyl groups is 1. The lowest BCUT2D eigenvalue weighted by Crippen LogP contribution is -2.61. The number of nitrogens with zero attached hydrogens (tertiary/aromatic N) is 4. The maximum atomic E-state index is 13.3. The Labute approximate surface area is 209 Å². The fourth-order valence-electron chi connectivity index (χ4n) is 3.99. The van der Waals surface area contributed by atoms with Crippen molar-refractivity contribution in [2.75, 3.05) is 29.1 Å². The maximum absolute atomic E-state index is 13.3. The first kappa shape index (κ1) is 24.0. The highest BCUT2D eigenvalue weighted by atomic mass is 16.5. The molecule has 3 heterocycles. The molecule has 2 aromatic heterocycles. The molecule has 1 aliphatic rings. The monoisotopic (exact) mass is 506 g/mol. The summed E-state index contributed by atoms with van der Waals surface area (Å²) in [7, 11) is 0. The number of ether oxygens (including phenoxy) is 1. The van der Waals surface area contributed by atoms with Crippen molar-refractivity contribution in [3.05, 3.63) is 60.3 Å². The van der Waals surface area contributed by atoms with E-state index in [-0.39, 0.29) is 30.4 Å². The van der Waals surface area contributed by atoms with Crippen LogP contribution >= 0.6 is 0 Å². The van der Waals surface area contributed by atoms with Crippen LogP contribution in [-0.2, 0) is 14.3 Å². The molecule has 2 atom stereocenters. The number of benzene rings is 2. The average Bonchev–Trinajstić information content (AvgIpc) is 3.51. The number of carbonyl (C=O) groups excluding carboxylic acids is 2. The van der Waals surface area contributed by atoms with E-state index in [9.17, 15) is 19.5 Å². The first-order valence-electron chi connectivity index (χ1n) is 11.2. The molecule has 13 nitrogen and oxygen atoms in total. The van der Waals surface area contributed by atoms with E-state index in [0.717, 1.165) is 0 Å². The number of carboxylic acids is 1. The van der Waals surface area contributed by atoms with Crippen molar-refractivity contribution in [1.29, 1.82) is 0 Å². The molecule has 37 heavy (non-hydrogen) atoms. The molecule has 0 spiro atoms. The molecule has 0 bridgehead atoms. The molecule has 5 N–H and O–H groups in total. The quantitative estimate of drug-likeness (QED) is 0.298. The summed E-state index contributed by atoms with van der Waals surface area (Å²) in [4.78, 5) is 38.7. The third-order valence-corrected chi connectivity index (χ3v) is 6.05. The van der Waals surface area contributed by atoms with Gasteiger partial charge in [-0.15, -0.1) is 5.10 Å². The van der Waals surface area contributed by atoms with Gasteiger partial charge in [0.05, 0.1) is 29.8 Å². The summed E-state index contributed by atoms with van der Waals surface area (Å²) in [6.07, 6.45) is 0.117. The molecule has 0 saturated carbocycles. The number of hydrogen-bond donors (Lipinski definition) is 4. The van der Waals surface area contributed by atoms with Crippen molar-refractivity contribution in [2.24, 2.45) is 0 Å². The van der Waals surface area contributed by atoms with Crippen LogP contribution in [0, 0.1) is 0 Å². The van der Waals surface area contributed by atoms with E-state index in [4.69, 9.17) is 20.1 Å². The summed E-state index contributed by atoms with van der Waals surface area (Å²) in [5, 5.41) is 31.3. The van der Waals surface area contributed by atoms with Gasteiger partial charge < -0.3 is 30.5 Å². The second kappa shape index (κ2) is 9.04. The zero-order valence-electron chi connectivity index (χ0n) is 19.5. The summed E-state index contributed by atoms with van der Waals surface area (Å²) < 4.78 is 12.1. The third-order valence-electron chi connectivity index (χ3n) is 6.05. The van der Waals surface area contributed by atoms with Crippen LogP contribution < -0.4 is 16.0 Å². The minimum atomic E-state index is -2.22. The van der Waals surface area contributed by atoms with Gasteiger partial charge in [-0.3, -0.25) is 14.5 Å². The van der Waals surface area contributed by atoms with Gasteiger partial charge in [0.1, 0.15) is 0 Å². The molecule has 4 aromatic rings. The van der Waals surface area contributed by atoms with E-state index in [1.54, 1.807) is 36.5 Å². The third kappa shape index (κ3) is 4.37. The van der Waals surface area contributed by atoms with Crippen molar-refractivity contribution in [3.63, 3.8) is 0 Å². The second-order valence-corrected chi connectivity index (χ2v) is 8.59. The van der Waals surface area contributed by atoms with Crippen molar-refractivity contribution in [2.45, 2.75) is 18.6 Å². The van der Waals surface area contributed by atoms with E-state index >= 15 is 0 Å². The summed E-state index contributed by atoms with van der Waals surface area (Å²) in [5.41, 5.74) is 4.86. The topological polar surface area (TPSA) is 186 Å². The number of aromatic nitrogens is 3. The summed E-state index contributed by atoms with van der Waals surface area (Å²) in [5.74, 6) is -2.05. The fraction of sp³-hybridized carbons (Fsp3) is 0.208. The van der Waals surface area contributed by atoms with E-state index in [1.165, 1.54) is 34.7 Å². The average molecular weight is 506 g/mol. The highest BCUT2D eigenvalue weighted by Crippen LogP contribution is 2.27. The van der Waals surface area contributed by atoms with E-state index in [2.05, 4.69) is 15.6 Å². The van der Waals surface area contributed by atoms with E-state index in [0.29, 0.717) is 22.3 Å². The van der Waals surface area contributed by atoms with Gasteiger partial charge in [-0.2, -0.15) is 0 Å². The molecule has 5 rings (SSSR count). The largest absolute Gasteiger partial charge is 0.478 e. The van der Waals surface area contributed by atoms with E-state index in [1.807, 2.05) is 0 Å². The van der Waals surface area contributed by atoms with Gasteiger partial charge in [-0.1, -0.05) is 5.16 Å². The van der Waals surface area contributed by atoms with Crippen molar-refractivity contribution >= 4 is 46.1 Å². The first-order chi connectivity index (χ1) is 17.6. The van der Waals surface area contributed by atoms with Gasteiger partial charge in [-0.05, 0) is 43.3 Å². The number of rotatable bonds is 6. The Morgan fingerprint density at radius 2 is 1.95 bits per heavy atom. The zero-order chi connectivity index (χ0) is 26.3. The lowest BCUT2D eigenvalue weighted by atomic mass is 9.95. The normalized spacial score (nSPS) is 17.5. The maximum Gasteiger partial charge on any atom is 0.335 e. The van der Waals surface area contributed by atoms with Crippen LogP contribution in [0.15, 0.2) is 59.3 Å². The molecule has 1 fully saturated rings. The zero-order valence-corrected chi connectivity index (χ0v) is 19.5. The minimum absolute atomic E-state index is 0.0588. The van der Waals surface area contributed by atoms with Crippen LogP contribution in [0.2, 0.25) is 0 Å². The highest BCUT2D eigenvalue weighted by Gasteiger charge is 2.48. The molecular weight excluding hydrogens is 484 g/mol. The Kier molecular flexibility index (Phi) is 5.85. The van der Waals surface area contributed by atoms with Crippen molar-refractivity contribution in [1.82, 2.24) is 14.9 Å². The lowest BCUT2D eigenvalue weighted by Gasteiger charge is -2.37. The highest BCUT2D eigenvalue weighted by molar-refractivity contribution is 6.06. The number of morpholine rings is 1. The fourth-order valence-corrected chi connectivity index (χ4v) is 3.99. The summed E-state index contributed by atoms with van der Waals surface area (Å²) in [6, 6.07) is 12.3. The first-order valence-corrected chi connectivity index (χ1v) is 11.2. The molecule has 190 valence electrons. The second-order valence-electron chi connectivity index (χ2n) is 8.59. The number of carboxylic acid groups (broad SMARTS) is 1. The van der Waals surface area contributed by atoms with Crippen LogP contribution in [-0.4, -0.2) is 67.8 Å². The van der Waals surface area contributed by atoms with Gasteiger partial charge in [0.2, 0.25) is 0 Å². The molecule has 2 aromatic carbocycles. The summed E-state index contributed by atoms with van der Waals surface area (Å²) >= 11 is 0. The number of nitrogens with one attached hydrogen (secondary N) is 1. The molecule has 0 radical (unpaired) electrons. The number of anilines is 3. The molecule has 1 saturated heterocycles. The molecule has 1 unspecified atom stereocenters. The Bertz CT molecular complexity index is 1510. The minimum Gasteiger partial charge on any atom is -0.478 e. The van der Waals surface area contributed by atoms with Gasteiger partial charge in [-0.25, -0.2) is 9.48 Å². The predicted octanol–water partition coefficient (Wildman–Crippen LogP) is 1.42. The summed E-state index contributed by atoms with van der Waals surface area (Å²) in [6.45, 7) is 1.41. The van der Waals surface area contributed by atoms with E-state index < -0.39 is 29.5 Å². The number of aromatic carboxylic acids is 1. The van der Waals surface area contributed by atoms with Crippen LogP contribution in [0.1, 0.15) is 17.3 Å². The predicted molar refractivity (Wildman–Crippen MR) is 130 cm³/mol. The smallest absolute Gasteiger partial charge is 0.335 e. The Morgan fingerprint density at radius 1 is 1.19 bits per heavy atom. The lowest BCUT2D eigenvalue weighted by molar-refractivity contribution is -0.165. The van der Waals surface area contributed by atoms with Gasteiger partial charge in [0.25, 0.3) is 11.8 Å². The number of nitrogens with two attached hydrogens (primary N) is 1. The van der Waals surface area contributed by atoms with Crippen LogP contribution in [0.3, 0.4) is 0 Å². The van der Waals surface area contributed by atoms with Gasteiger partial charge in [0.15, 0.2) is 28.9 Å². The number of hydrogen-bond acceptors (Lipinski definition) is 9. The van der Waals surface area contributed by atoms with Crippen molar-refractivity contribution in [3.8, 4) is 5.69 Å². The SMILES string of the molecule is CC(O)(C(=O)Nc1ccc2c(N)noc2c1)[C@H]1OCCN(c2ccn(-c3ccc(C(=O)O)cc3)n2)C1=O. The van der Waals surface area contributed by atoms with Crippen LogP contribution in [0.4, 0.5) is 17.3 Å². The molecule has 1 aliphatic heterocycles. The number of nitrogen functional groups attached to an aromatic ring is 1. The van der Waals surface area contributed by atoms with Crippen LogP contribution in [0.5, 0.6) is 0 Å². The molecule has 0 aliphatic carbocycles. The number of carbonyl (C=O) groups is 3. The Hall–Kier alpha value is -4.75. The van der Waals surface area contributed by atoms with Gasteiger partial charge in [0, 0.05) is 24.0 Å². The van der Waals surface area contributed by atoms with Gasteiger partial charge >= 0.3 is 5.97 Å². The standard InChI is InChI=1S/C24H22N6O7/c1-24(35,23(34)26-14-4-7-16-17(12-14)37-28-20(16)25)19-21(31)29(10-11-36-19)18-8-9-30(27-18)15-5-2-13(3-6-15)22(32)33/h2-9,12,19,35H,10-11H2,1H3,(H2,25,28)(H,26,34)(H,32,33)/t19-,24?/m0/s1. The number of amides is 2. The molecular formula is C24H22N6O7. The Balaban J connectivity index is 1.32.